The Morgan fingerprint density at radius 3 is 2.25 bits per heavy atom. The number of imidazole rings is 1. The van der Waals surface area contributed by atoms with Crippen LogP contribution in [0.15, 0.2) is 60.8 Å². The van der Waals surface area contributed by atoms with Crippen molar-refractivity contribution in [3.8, 4) is 11.4 Å². The molecule has 0 saturated heterocycles. The lowest BCUT2D eigenvalue weighted by molar-refractivity contribution is -0.151. The standard InChI is InChI=1S/C30H33FN2O3/c31-25-12-10-24(11-13-25)29(28(34)35)14-16-30(17-15-29,36-20-22-8-9-22)26-19-33(18-21-6-7-21)27(32-26)23-4-2-1-3-5-23/h1-5,10-13,19,21-22H,6-9,14-18,20H2,(H,34,35)/t29-,30-. The minimum atomic E-state index is -1.04. The summed E-state index contributed by atoms with van der Waals surface area (Å²) in [5, 5.41) is 10.3. The van der Waals surface area contributed by atoms with Gasteiger partial charge in [-0.3, -0.25) is 4.79 Å². The highest BCUT2D eigenvalue weighted by atomic mass is 19.1. The van der Waals surface area contributed by atoms with Crippen LogP contribution in [0, 0.1) is 17.7 Å². The van der Waals surface area contributed by atoms with Gasteiger partial charge in [0.2, 0.25) is 0 Å². The summed E-state index contributed by atoms with van der Waals surface area (Å²) in [6, 6.07) is 16.2. The van der Waals surface area contributed by atoms with Gasteiger partial charge in [-0.25, -0.2) is 9.37 Å². The van der Waals surface area contributed by atoms with Crippen molar-refractivity contribution in [2.75, 3.05) is 6.61 Å². The molecule has 3 fully saturated rings. The van der Waals surface area contributed by atoms with Crippen LogP contribution in [0.25, 0.3) is 11.4 Å². The fourth-order valence-electron chi connectivity index (χ4n) is 5.68. The van der Waals surface area contributed by atoms with Crippen molar-refractivity contribution >= 4 is 5.97 Å². The first-order chi connectivity index (χ1) is 17.5. The van der Waals surface area contributed by atoms with Gasteiger partial charge in [0.25, 0.3) is 0 Å². The Hall–Kier alpha value is -2.99. The summed E-state index contributed by atoms with van der Waals surface area (Å²) in [6.45, 7) is 1.64. The Kier molecular flexibility index (Phi) is 5.95. The number of ether oxygens (including phenoxy) is 1. The number of carbonyl (C=O) groups is 1. The van der Waals surface area contributed by atoms with Gasteiger partial charge in [0.15, 0.2) is 0 Å². The molecule has 3 aliphatic carbocycles. The van der Waals surface area contributed by atoms with E-state index in [4.69, 9.17) is 9.72 Å². The predicted octanol–water partition coefficient (Wildman–Crippen LogP) is 6.32. The molecular formula is C30H33FN2O3. The van der Waals surface area contributed by atoms with Gasteiger partial charge in [-0.1, -0.05) is 42.5 Å². The molecule has 0 bridgehead atoms. The summed E-state index contributed by atoms with van der Waals surface area (Å²) in [5.41, 5.74) is 1.01. The number of carboxylic acids is 1. The number of aromatic nitrogens is 2. The largest absolute Gasteiger partial charge is 0.481 e. The van der Waals surface area contributed by atoms with Gasteiger partial charge in [-0.05, 0) is 80.9 Å². The minimum absolute atomic E-state index is 0.355. The van der Waals surface area contributed by atoms with E-state index in [2.05, 4.69) is 22.9 Å². The number of hydrogen-bond acceptors (Lipinski definition) is 3. The Morgan fingerprint density at radius 2 is 1.64 bits per heavy atom. The smallest absolute Gasteiger partial charge is 0.314 e. The van der Waals surface area contributed by atoms with Crippen LogP contribution < -0.4 is 0 Å². The molecule has 6 rings (SSSR count). The maximum atomic E-state index is 13.6. The number of benzene rings is 2. The number of carboxylic acid groups (broad SMARTS) is 1. The number of nitrogens with zero attached hydrogens (tertiary/aromatic N) is 2. The topological polar surface area (TPSA) is 64.3 Å². The highest BCUT2D eigenvalue weighted by Crippen LogP contribution is 2.50. The van der Waals surface area contributed by atoms with Crippen LogP contribution in [-0.4, -0.2) is 27.2 Å². The molecule has 5 nitrogen and oxygen atoms in total. The van der Waals surface area contributed by atoms with Gasteiger partial charge in [-0.15, -0.1) is 0 Å². The summed E-state index contributed by atoms with van der Waals surface area (Å²) < 4.78 is 22.6. The molecular weight excluding hydrogens is 455 g/mol. The first-order valence-electron chi connectivity index (χ1n) is 13.2. The molecule has 36 heavy (non-hydrogen) atoms. The molecule has 3 aromatic rings. The van der Waals surface area contributed by atoms with Crippen molar-refractivity contribution in [3.05, 3.63) is 77.9 Å². The molecule has 0 spiro atoms. The Morgan fingerprint density at radius 1 is 0.972 bits per heavy atom. The van der Waals surface area contributed by atoms with Crippen LogP contribution in [0.5, 0.6) is 0 Å². The minimum Gasteiger partial charge on any atom is -0.481 e. The van der Waals surface area contributed by atoms with Crippen molar-refractivity contribution in [2.24, 2.45) is 11.8 Å². The molecule has 3 aliphatic rings. The molecule has 1 heterocycles. The van der Waals surface area contributed by atoms with Crippen LogP contribution in [0.2, 0.25) is 0 Å². The normalized spacial score (nSPS) is 26.1. The highest BCUT2D eigenvalue weighted by molar-refractivity contribution is 5.81. The molecule has 0 atom stereocenters. The van der Waals surface area contributed by atoms with E-state index in [1.165, 1.54) is 37.8 Å². The monoisotopic (exact) mass is 488 g/mol. The third kappa shape index (κ3) is 4.47. The molecule has 3 saturated carbocycles. The number of aliphatic carboxylic acids is 1. The van der Waals surface area contributed by atoms with E-state index in [-0.39, 0.29) is 5.82 Å². The summed E-state index contributed by atoms with van der Waals surface area (Å²) in [7, 11) is 0. The fourth-order valence-corrected chi connectivity index (χ4v) is 5.68. The molecule has 0 radical (unpaired) electrons. The third-order valence-electron chi connectivity index (χ3n) is 8.44. The Labute approximate surface area is 211 Å². The summed E-state index contributed by atoms with van der Waals surface area (Å²) in [6.07, 6.45) is 9.04. The molecule has 188 valence electrons. The molecule has 0 amide bonds. The summed E-state index contributed by atoms with van der Waals surface area (Å²) >= 11 is 0. The lowest BCUT2D eigenvalue weighted by Crippen LogP contribution is -2.46. The first kappa shape index (κ1) is 23.4. The van der Waals surface area contributed by atoms with Crippen molar-refractivity contribution in [1.29, 1.82) is 0 Å². The van der Waals surface area contributed by atoms with Gasteiger partial charge < -0.3 is 14.4 Å². The van der Waals surface area contributed by atoms with Gasteiger partial charge in [0.05, 0.1) is 17.7 Å². The van der Waals surface area contributed by atoms with Gasteiger partial charge in [0.1, 0.15) is 17.2 Å². The van der Waals surface area contributed by atoms with E-state index in [0.717, 1.165) is 23.6 Å². The van der Waals surface area contributed by atoms with Crippen LogP contribution in [-0.2, 0) is 27.1 Å². The zero-order valence-corrected chi connectivity index (χ0v) is 20.5. The second kappa shape index (κ2) is 9.15. The van der Waals surface area contributed by atoms with Gasteiger partial charge in [0, 0.05) is 18.3 Å². The number of hydrogen-bond donors (Lipinski definition) is 1. The number of halogens is 1. The van der Waals surface area contributed by atoms with Crippen LogP contribution in [0.4, 0.5) is 4.39 Å². The summed E-state index contributed by atoms with van der Waals surface area (Å²) in [5.74, 6) is 1.04. The zero-order chi connectivity index (χ0) is 24.8. The second-order valence-corrected chi connectivity index (χ2v) is 11.1. The SMILES string of the molecule is O=C(O)[C@]1(c2ccc(F)cc2)CC[C@](OCC2CC2)(c2cn(CC3CC3)c(-c3ccccc3)n2)CC1. The summed E-state index contributed by atoms with van der Waals surface area (Å²) in [4.78, 5) is 17.8. The fraction of sp³-hybridized carbons (Fsp3) is 0.467. The van der Waals surface area contributed by atoms with E-state index in [1.807, 2.05) is 18.2 Å². The van der Waals surface area contributed by atoms with Crippen molar-refractivity contribution in [3.63, 3.8) is 0 Å². The lowest BCUT2D eigenvalue weighted by atomic mass is 9.64. The molecule has 1 aromatic heterocycles. The predicted molar refractivity (Wildman–Crippen MR) is 135 cm³/mol. The van der Waals surface area contributed by atoms with E-state index in [0.29, 0.717) is 49.7 Å². The van der Waals surface area contributed by atoms with Crippen molar-refractivity contribution in [1.82, 2.24) is 9.55 Å². The van der Waals surface area contributed by atoms with E-state index < -0.39 is 17.0 Å². The zero-order valence-electron chi connectivity index (χ0n) is 20.5. The van der Waals surface area contributed by atoms with Gasteiger partial charge >= 0.3 is 5.97 Å². The average Bonchev–Trinajstić information content (AvgIpc) is 3.83. The molecule has 0 unspecified atom stereocenters. The number of rotatable bonds is 9. The highest BCUT2D eigenvalue weighted by Gasteiger charge is 2.51. The third-order valence-corrected chi connectivity index (χ3v) is 8.44. The van der Waals surface area contributed by atoms with E-state index in [1.54, 1.807) is 12.1 Å². The quantitative estimate of drug-likeness (QED) is 0.383. The van der Waals surface area contributed by atoms with E-state index in [9.17, 15) is 14.3 Å². The van der Waals surface area contributed by atoms with E-state index >= 15 is 0 Å². The maximum Gasteiger partial charge on any atom is 0.314 e. The van der Waals surface area contributed by atoms with Crippen molar-refractivity contribution < 1.29 is 19.0 Å². The van der Waals surface area contributed by atoms with Crippen LogP contribution in [0.1, 0.15) is 62.6 Å². The van der Waals surface area contributed by atoms with Crippen LogP contribution >= 0.6 is 0 Å². The van der Waals surface area contributed by atoms with Crippen molar-refractivity contribution in [2.45, 2.75) is 68.9 Å². The Balaban J connectivity index is 1.35. The molecule has 6 heteroatoms. The molecule has 1 N–H and O–H groups in total. The molecule has 2 aromatic carbocycles. The van der Waals surface area contributed by atoms with Crippen LogP contribution in [0.3, 0.4) is 0 Å². The average molecular weight is 489 g/mol. The Bertz CT molecular complexity index is 1220. The molecule has 0 aliphatic heterocycles. The van der Waals surface area contributed by atoms with Gasteiger partial charge in [-0.2, -0.15) is 0 Å². The lowest BCUT2D eigenvalue weighted by Gasteiger charge is -2.44. The second-order valence-electron chi connectivity index (χ2n) is 11.1. The first-order valence-corrected chi connectivity index (χ1v) is 13.2. The maximum absolute atomic E-state index is 13.6.